The van der Waals surface area contributed by atoms with Crippen LogP contribution in [0.1, 0.15) is 32.7 Å². The highest BCUT2D eigenvalue weighted by Gasteiger charge is 2.15. The number of H-pyrrole nitrogens is 1. The molecular formula is C27H21N3O2. The second kappa shape index (κ2) is 8.86. The molecule has 32 heavy (non-hydrogen) atoms. The Balaban J connectivity index is 1.27. The van der Waals surface area contributed by atoms with E-state index in [9.17, 15) is 4.79 Å². The van der Waals surface area contributed by atoms with Crippen molar-refractivity contribution < 1.29 is 9.53 Å². The number of ether oxygens (including phenoxy) is 1. The number of benzene rings is 2. The third kappa shape index (κ3) is 4.27. The zero-order valence-corrected chi connectivity index (χ0v) is 17.4. The average molecular weight is 419 g/mol. The van der Waals surface area contributed by atoms with Crippen LogP contribution in [0.3, 0.4) is 0 Å². The molecule has 0 amide bonds. The smallest absolute Gasteiger partial charge is 0.196 e. The molecule has 0 unspecified atom stereocenters. The number of rotatable bonds is 7. The van der Waals surface area contributed by atoms with Crippen LogP contribution in [0.2, 0.25) is 0 Å². The molecule has 0 aliphatic rings. The van der Waals surface area contributed by atoms with Crippen LogP contribution in [0.15, 0.2) is 97.5 Å². The molecule has 5 rings (SSSR count). The first-order valence-electron chi connectivity index (χ1n) is 10.4. The van der Waals surface area contributed by atoms with Gasteiger partial charge in [0, 0.05) is 47.2 Å². The first kappa shape index (κ1) is 19.7. The van der Waals surface area contributed by atoms with Gasteiger partial charge in [0.15, 0.2) is 5.78 Å². The summed E-state index contributed by atoms with van der Waals surface area (Å²) in [4.78, 5) is 24.7. The van der Waals surface area contributed by atoms with Crippen LogP contribution in [-0.4, -0.2) is 20.7 Å². The van der Waals surface area contributed by atoms with E-state index in [1.165, 1.54) is 0 Å². The van der Waals surface area contributed by atoms with Crippen LogP contribution in [0.25, 0.3) is 11.0 Å². The Bertz CT molecular complexity index is 1360. The second-order valence-electron chi connectivity index (χ2n) is 7.57. The molecule has 0 spiro atoms. The first-order valence-corrected chi connectivity index (χ1v) is 10.4. The molecule has 3 heterocycles. The number of nitrogens with one attached hydrogen (secondary N) is 1. The number of hydrogen-bond acceptors (Lipinski definition) is 4. The molecule has 3 aromatic heterocycles. The lowest BCUT2D eigenvalue weighted by molar-refractivity contribution is 0.104. The van der Waals surface area contributed by atoms with Crippen molar-refractivity contribution >= 4 is 16.8 Å². The van der Waals surface area contributed by atoms with Crippen LogP contribution >= 0.6 is 0 Å². The molecule has 5 heteroatoms. The number of hydrogen-bond donors (Lipinski definition) is 1. The molecule has 0 radical (unpaired) electrons. The SMILES string of the molecule is O=C(c1ccc(Cc2cccc(OCc3ccccc3)c2)nc1)c1c[nH]c2ncccc12. The van der Waals surface area contributed by atoms with Gasteiger partial charge in [-0.15, -0.1) is 0 Å². The van der Waals surface area contributed by atoms with Crippen molar-refractivity contribution in [2.24, 2.45) is 0 Å². The number of aromatic nitrogens is 3. The lowest BCUT2D eigenvalue weighted by Gasteiger charge is -2.08. The summed E-state index contributed by atoms with van der Waals surface area (Å²) in [5.41, 5.74) is 4.98. The van der Waals surface area contributed by atoms with Crippen molar-refractivity contribution in [3.05, 3.63) is 125 Å². The monoisotopic (exact) mass is 419 g/mol. The Morgan fingerprint density at radius 2 is 1.75 bits per heavy atom. The van der Waals surface area contributed by atoms with E-state index in [0.29, 0.717) is 29.8 Å². The summed E-state index contributed by atoms with van der Waals surface area (Å²) in [6.45, 7) is 0.530. The van der Waals surface area contributed by atoms with Gasteiger partial charge in [-0.2, -0.15) is 0 Å². The molecular weight excluding hydrogens is 398 g/mol. The van der Waals surface area contributed by atoms with Gasteiger partial charge in [0.25, 0.3) is 0 Å². The van der Waals surface area contributed by atoms with Crippen LogP contribution in [0, 0.1) is 0 Å². The van der Waals surface area contributed by atoms with E-state index in [0.717, 1.165) is 28.0 Å². The molecule has 0 aliphatic heterocycles. The number of fused-ring (bicyclic) bond motifs is 1. The fourth-order valence-electron chi connectivity index (χ4n) is 3.66. The minimum atomic E-state index is -0.0698. The number of nitrogens with zero attached hydrogens (tertiary/aromatic N) is 2. The summed E-state index contributed by atoms with van der Waals surface area (Å²) in [5, 5.41) is 0.814. The predicted molar refractivity (Wildman–Crippen MR) is 124 cm³/mol. The largest absolute Gasteiger partial charge is 0.489 e. The second-order valence-corrected chi connectivity index (χ2v) is 7.57. The van der Waals surface area contributed by atoms with E-state index < -0.39 is 0 Å². The van der Waals surface area contributed by atoms with Gasteiger partial charge in [-0.1, -0.05) is 42.5 Å². The highest BCUT2D eigenvalue weighted by Crippen LogP contribution is 2.21. The third-order valence-electron chi connectivity index (χ3n) is 5.31. The Hall–Kier alpha value is -4.25. The summed E-state index contributed by atoms with van der Waals surface area (Å²) in [6.07, 6.45) is 5.70. The van der Waals surface area contributed by atoms with Gasteiger partial charge in [0.2, 0.25) is 0 Å². The highest BCUT2D eigenvalue weighted by molar-refractivity contribution is 6.15. The lowest BCUT2D eigenvalue weighted by Crippen LogP contribution is -2.02. The molecule has 0 atom stereocenters. The minimum Gasteiger partial charge on any atom is -0.489 e. The zero-order valence-electron chi connectivity index (χ0n) is 17.4. The molecule has 0 fully saturated rings. The predicted octanol–water partition coefficient (Wildman–Crippen LogP) is 5.36. The maximum absolute atomic E-state index is 12.9. The first-order chi connectivity index (χ1) is 15.8. The van der Waals surface area contributed by atoms with Crippen molar-refractivity contribution in [2.75, 3.05) is 0 Å². The summed E-state index contributed by atoms with van der Waals surface area (Å²) in [7, 11) is 0. The Morgan fingerprint density at radius 3 is 2.59 bits per heavy atom. The molecule has 0 saturated heterocycles. The molecule has 1 N–H and O–H groups in total. The van der Waals surface area contributed by atoms with Gasteiger partial charge in [-0.25, -0.2) is 4.98 Å². The zero-order chi connectivity index (χ0) is 21.8. The van der Waals surface area contributed by atoms with Gasteiger partial charge in [0.1, 0.15) is 18.0 Å². The van der Waals surface area contributed by atoms with Crippen molar-refractivity contribution in [3.8, 4) is 5.75 Å². The van der Waals surface area contributed by atoms with Gasteiger partial charge < -0.3 is 9.72 Å². The standard InChI is InChI=1S/C27H21N3O2/c31-26(25-17-30-27-24(25)10-5-13-28-27)21-11-12-22(29-16-21)14-20-8-4-9-23(15-20)32-18-19-6-2-1-3-7-19/h1-13,15-17H,14,18H2,(H,28,30). The van der Waals surface area contributed by atoms with Crippen molar-refractivity contribution in [1.29, 1.82) is 0 Å². The van der Waals surface area contributed by atoms with Crippen LogP contribution in [0.5, 0.6) is 5.75 Å². The minimum absolute atomic E-state index is 0.0698. The lowest BCUT2D eigenvalue weighted by atomic mass is 10.0. The Labute approximate surface area is 185 Å². The Morgan fingerprint density at radius 1 is 0.875 bits per heavy atom. The fourth-order valence-corrected chi connectivity index (χ4v) is 3.66. The highest BCUT2D eigenvalue weighted by atomic mass is 16.5. The molecule has 0 aliphatic carbocycles. The van der Waals surface area contributed by atoms with Gasteiger partial charge >= 0.3 is 0 Å². The number of aromatic amines is 1. The topological polar surface area (TPSA) is 67.9 Å². The maximum atomic E-state index is 12.9. The summed E-state index contributed by atoms with van der Waals surface area (Å²) in [5.74, 6) is 0.755. The quantitative estimate of drug-likeness (QED) is 0.361. The summed E-state index contributed by atoms with van der Waals surface area (Å²) in [6, 6.07) is 25.6. The van der Waals surface area contributed by atoms with Crippen LogP contribution < -0.4 is 4.74 Å². The number of carbonyl (C=O) groups is 1. The van der Waals surface area contributed by atoms with Gasteiger partial charge in [-0.05, 0) is 47.5 Å². The fraction of sp³-hybridized carbons (Fsp3) is 0.0741. The number of ketones is 1. The molecule has 0 saturated carbocycles. The van der Waals surface area contributed by atoms with Crippen molar-refractivity contribution in [2.45, 2.75) is 13.0 Å². The molecule has 0 bridgehead atoms. The number of pyridine rings is 2. The van der Waals surface area contributed by atoms with Gasteiger partial charge in [-0.3, -0.25) is 9.78 Å². The van der Waals surface area contributed by atoms with Gasteiger partial charge in [0.05, 0.1) is 0 Å². The third-order valence-corrected chi connectivity index (χ3v) is 5.31. The van der Waals surface area contributed by atoms with E-state index in [2.05, 4.69) is 21.0 Å². The molecule has 5 nitrogen and oxygen atoms in total. The number of carbonyl (C=O) groups excluding carboxylic acids is 1. The van der Waals surface area contributed by atoms with E-state index in [1.807, 2.05) is 72.8 Å². The van der Waals surface area contributed by atoms with Crippen molar-refractivity contribution in [3.63, 3.8) is 0 Å². The molecule has 156 valence electrons. The van der Waals surface area contributed by atoms with Crippen molar-refractivity contribution in [1.82, 2.24) is 15.0 Å². The normalized spacial score (nSPS) is 10.9. The molecule has 2 aromatic carbocycles. The average Bonchev–Trinajstić information content (AvgIpc) is 3.28. The summed E-state index contributed by atoms with van der Waals surface area (Å²) < 4.78 is 5.92. The maximum Gasteiger partial charge on any atom is 0.196 e. The Kier molecular flexibility index (Phi) is 5.45. The van der Waals surface area contributed by atoms with E-state index in [1.54, 1.807) is 18.6 Å². The van der Waals surface area contributed by atoms with E-state index in [4.69, 9.17) is 4.74 Å². The summed E-state index contributed by atoms with van der Waals surface area (Å²) >= 11 is 0. The van der Waals surface area contributed by atoms with Crippen LogP contribution in [0.4, 0.5) is 0 Å². The van der Waals surface area contributed by atoms with E-state index in [-0.39, 0.29) is 5.78 Å². The molecule has 5 aromatic rings. The van der Waals surface area contributed by atoms with Crippen LogP contribution in [-0.2, 0) is 13.0 Å². The van der Waals surface area contributed by atoms with E-state index >= 15 is 0 Å².